The Bertz CT molecular complexity index is 7220. The summed E-state index contributed by atoms with van der Waals surface area (Å²) in [7, 11) is 0. The number of aryl methyl sites for hydroxylation is 8. The minimum Gasteiger partial charge on any atom is -0.351 e. The summed E-state index contributed by atoms with van der Waals surface area (Å²) in [4.78, 5) is 40.9. The number of carbonyl (C=O) groups is 2. The Labute approximate surface area is 683 Å². The van der Waals surface area contributed by atoms with Crippen LogP contribution >= 0.6 is 0 Å². The summed E-state index contributed by atoms with van der Waals surface area (Å²) in [6, 6.07) is 105. The van der Waals surface area contributed by atoms with Crippen LogP contribution in [0.1, 0.15) is 64.8 Å². The molecule has 0 atom stereocenters. The average Bonchev–Trinajstić information content (AvgIpc) is 1.13. The molecule has 0 N–H and O–H groups in total. The molecule has 22 aromatic rings. The molecule has 0 aliphatic rings. The van der Waals surface area contributed by atoms with Crippen molar-refractivity contribution in [2.75, 3.05) is 0 Å². The summed E-state index contributed by atoms with van der Waals surface area (Å²) in [6.07, 6.45) is 3.89. The van der Waals surface area contributed by atoms with Gasteiger partial charge in [0.1, 0.15) is 11.6 Å². The van der Waals surface area contributed by atoms with Crippen molar-refractivity contribution in [1.29, 1.82) is 0 Å². The monoisotopic (exact) mass is 1680 g/mol. The van der Waals surface area contributed by atoms with Gasteiger partial charge in [-0.05, 0) is 223 Å². The molecule has 116 heavy (non-hydrogen) atoms. The molecule has 0 spiro atoms. The largest absolute Gasteiger partial charge is 3.00 e. The van der Waals surface area contributed by atoms with Crippen LogP contribution < -0.4 is 0 Å². The molecule has 16 aromatic carbocycles. The van der Waals surface area contributed by atoms with Crippen molar-refractivity contribution in [1.82, 2.24) is 38.2 Å². The number of rotatable bonds is 8. The summed E-state index contributed by atoms with van der Waals surface area (Å²) < 4.78 is 9.61. The third-order valence-electron chi connectivity index (χ3n) is 22.9. The van der Waals surface area contributed by atoms with E-state index in [1.54, 1.807) is 0 Å². The normalized spacial score (nSPS) is 11.7. The van der Waals surface area contributed by atoms with Crippen LogP contribution in [0.3, 0.4) is 0 Å². The van der Waals surface area contributed by atoms with E-state index in [1.165, 1.54) is 146 Å². The van der Waals surface area contributed by atoms with Gasteiger partial charge >= 0.3 is 20.1 Å². The molecule has 6 heterocycles. The first-order valence-corrected chi connectivity index (χ1v) is 39.2. The Hall–Kier alpha value is -13.6. The van der Waals surface area contributed by atoms with Gasteiger partial charge in [-0.2, -0.15) is 0 Å². The Morgan fingerprint density at radius 1 is 0.276 bits per heavy atom. The summed E-state index contributed by atoms with van der Waals surface area (Å²) in [5, 5.41) is 18.6. The molecular weight excluding hydrogens is 1600 g/mol. The summed E-state index contributed by atoms with van der Waals surface area (Å²) >= 11 is 0. The molecule has 0 amide bonds. The fraction of sp³-hybridized carbons (Fsp3) is 0.105. The molecule has 0 bridgehead atoms. The number of benzene rings is 16. The van der Waals surface area contributed by atoms with E-state index in [4.69, 9.17) is 19.9 Å². The summed E-state index contributed by atoms with van der Waals surface area (Å²) in [5.74, 6) is -0.125. The Balaban J connectivity index is 0.000000142. The molecule has 0 aliphatic heterocycles. The number of nitrogens with zero attached hydrogens (tertiary/aromatic N) is 8. The predicted octanol–water partition coefficient (Wildman–Crippen LogP) is 26.2. The number of Topliss-reactive ketones (excluding diaryl/α,β-unsaturated/α-hetero) is 2. The van der Waals surface area contributed by atoms with Crippen LogP contribution in [0.5, 0.6) is 0 Å². The number of ketones is 2. The fourth-order valence-electron chi connectivity index (χ4n) is 17.7. The van der Waals surface area contributed by atoms with Crippen LogP contribution in [0.4, 0.5) is 0 Å². The summed E-state index contributed by atoms with van der Waals surface area (Å²) in [6.45, 7) is 20.2. The van der Waals surface area contributed by atoms with Gasteiger partial charge in [-0.3, -0.25) is 19.6 Å². The number of fused-ring (bicyclic) bond motifs is 24. The van der Waals surface area contributed by atoms with E-state index < -0.39 is 0 Å². The van der Waals surface area contributed by atoms with Crippen molar-refractivity contribution in [3.05, 3.63) is 336 Å². The molecule has 558 valence electrons. The van der Waals surface area contributed by atoms with Crippen molar-refractivity contribution >= 4 is 164 Å². The van der Waals surface area contributed by atoms with E-state index in [9.17, 15) is 9.59 Å². The number of hydrogen-bond acceptors (Lipinski definition) is 6. The molecule has 0 saturated carbocycles. The van der Waals surface area contributed by atoms with Gasteiger partial charge in [0.25, 0.3) is 0 Å². The number of aromatic nitrogens is 8. The molecule has 0 saturated heterocycles. The van der Waals surface area contributed by atoms with E-state index in [1.807, 2.05) is 48.8 Å². The molecule has 0 unspecified atom stereocenters. The molecule has 11 heteroatoms. The minimum absolute atomic E-state index is 0. The minimum atomic E-state index is -0.0625. The van der Waals surface area contributed by atoms with Gasteiger partial charge in [-0.15, -0.1) is 47.2 Å². The first-order valence-electron chi connectivity index (χ1n) is 39.2. The van der Waals surface area contributed by atoms with Crippen LogP contribution in [-0.2, 0) is 29.7 Å². The smallest absolute Gasteiger partial charge is 0.351 e. The zero-order chi connectivity index (χ0) is 78.3. The third kappa shape index (κ3) is 12.3. The van der Waals surface area contributed by atoms with Gasteiger partial charge in [0, 0.05) is 111 Å². The average molecular weight is 1680 g/mol. The van der Waals surface area contributed by atoms with Crippen LogP contribution in [-0.4, -0.2) is 49.8 Å². The summed E-state index contributed by atoms with van der Waals surface area (Å²) in [5.41, 5.74) is 31.2. The van der Waals surface area contributed by atoms with Gasteiger partial charge in [0.15, 0.2) is 0 Å². The fourth-order valence-corrected chi connectivity index (χ4v) is 17.7. The first kappa shape index (κ1) is 72.7. The maximum absolute atomic E-state index is 10.0. The quantitative estimate of drug-likeness (QED) is 0.0852. The van der Waals surface area contributed by atoms with Crippen molar-refractivity contribution in [3.63, 3.8) is 0 Å². The van der Waals surface area contributed by atoms with E-state index in [2.05, 4.69) is 316 Å². The standard InChI is InChI=1S/2C50H35N4.C5H8O2.Ir/c2*1-29-10-18-45-40(22-29)41-23-30(2)11-19-46(41)53(45)34-14-16-36-38(26-34)39-27-35(54-47-20-12-31(3)24-42(47)43-25-32(4)13-21-48(43)54)15-17-37(39)50-49(36)51-28-44(52-50)33-8-6-5-7-9-33;1-4(6)3-5(2)7;/h2*5-15,17-28H,1-4H3;3H2,1-2H3;/q2*-1;;+3. The van der Waals surface area contributed by atoms with E-state index in [-0.39, 0.29) is 38.1 Å². The maximum Gasteiger partial charge on any atom is 3.00 e. The number of carbonyl (C=O) groups excluding carboxylic acids is 2. The molecule has 0 fully saturated rings. The van der Waals surface area contributed by atoms with Gasteiger partial charge in [-0.1, -0.05) is 177 Å². The van der Waals surface area contributed by atoms with Gasteiger partial charge in [0.05, 0.1) is 50.9 Å². The Morgan fingerprint density at radius 2 is 0.534 bits per heavy atom. The SMILES string of the molecule is CC(=O)CC(C)=O.Cc1ccc2c(c1)c1cc(C)ccc1n2-c1c[c-]c2c(c1)c1cc(-n3c4ccc(C)cc4c4cc(C)ccc43)ccc1c1nc(-c3ccccc3)cnc21.Cc1ccc2c(c1)c1cc(C)ccc1n2-c1c[c-]c2c(c1)c1cc(-n3c4ccc(C)cc4c4cc(C)ccc43)ccc1c1nc(-c3ccccc3)cnc21.[Ir+3]. The molecule has 0 aliphatic carbocycles. The third-order valence-corrected chi connectivity index (χ3v) is 22.9. The van der Waals surface area contributed by atoms with Crippen LogP contribution in [0.2, 0.25) is 0 Å². The Kier molecular flexibility index (Phi) is 17.9. The van der Waals surface area contributed by atoms with Crippen molar-refractivity contribution < 1.29 is 29.7 Å². The van der Waals surface area contributed by atoms with Crippen molar-refractivity contribution in [3.8, 4) is 45.3 Å². The van der Waals surface area contributed by atoms with Crippen LogP contribution in [0.25, 0.3) is 198 Å². The predicted molar refractivity (Wildman–Crippen MR) is 479 cm³/mol. The van der Waals surface area contributed by atoms with Crippen LogP contribution in [0, 0.1) is 67.5 Å². The van der Waals surface area contributed by atoms with E-state index in [0.717, 1.165) is 110 Å². The molecule has 10 nitrogen and oxygen atoms in total. The second-order valence-electron chi connectivity index (χ2n) is 31.5. The molecule has 6 aromatic heterocycles. The zero-order valence-corrected chi connectivity index (χ0v) is 68.4. The topological polar surface area (TPSA) is 105 Å². The van der Waals surface area contributed by atoms with Gasteiger partial charge in [-0.25, -0.2) is 0 Å². The zero-order valence-electron chi connectivity index (χ0n) is 66.0. The van der Waals surface area contributed by atoms with E-state index in [0.29, 0.717) is 0 Å². The molecule has 0 radical (unpaired) electrons. The van der Waals surface area contributed by atoms with Crippen molar-refractivity contribution in [2.45, 2.75) is 75.7 Å². The first-order chi connectivity index (χ1) is 55.9. The molecule has 22 rings (SSSR count). The van der Waals surface area contributed by atoms with Crippen LogP contribution in [0.15, 0.2) is 279 Å². The van der Waals surface area contributed by atoms with Crippen molar-refractivity contribution in [2.24, 2.45) is 0 Å². The molecular formula is C105H78IrN8O2+. The van der Waals surface area contributed by atoms with E-state index >= 15 is 0 Å². The van der Waals surface area contributed by atoms with Gasteiger partial charge in [0.2, 0.25) is 0 Å². The second-order valence-corrected chi connectivity index (χ2v) is 31.5. The maximum atomic E-state index is 10.0. The number of hydrogen-bond donors (Lipinski definition) is 0. The Morgan fingerprint density at radius 3 is 0.793 bits per heavy atom. The second kappa shape index (κ2) is 28.5. The van der Waals surface area contributed by atoms with Gasteiger partial charge < -0.3 is 28.2 Å².